The van der Waals surface area contributed by atoms with Crippen LogP contribution in [-0.4, -0.2) is 85.7 Å². The van der Waals surface area contributed by atoms with Gasteiger partial charge in [-0.3, -0.25) is 33.7 Å². The van der Waals surface area contributed by atoms with Gasteiger partial charge in [0.25, 0.3) is 0 Å². The number of thioether (sulfide) groups is 1. The van der Waals surface area contributed by atoms with E-state index in [0.717, 1.165) is 17.3 Å². The molecule has 0 aliphatic rings. The van der Waals surface area contributed by atoms with Crippen LogP contribution in [0.5, 0.6) is 0 Å². The quantitative estimate of drug-likeness (QED) is 0.170. The van der Waals surface area contributed by atoms with Crippen molar-refractivity contribution in [3.05, 3.63) is 35.9 Å². The molecule has 4 N–H and O–H groups in total. The van der Waals surface area contributed by atoms with Crippen LogP contribution in [-0.2, 0) is 34.5 Å². The number of hydrogen-bond acceptors (Lipinski definition) is 8. The number of hydrogen-bond donors (Lipinski definition) is 4. The van der Waals surface area contributed by atoms with Crippen molar-refractivity contribution >= 4 is 46.3 Å². The van der Waals surface area contributed by atoms with Crippen molar-refractivity contribution in [3.8, 4) is 0 Å². The van der Waals surface area contributed by atoms with Crippen molar-refractivity contribution < 1.29 is 28.8 Å². The van der Waals surface area contributed by atoms with E-state index in [2.05, 4.69) is 21.3 Å². The van der Waals surface area contributed by atoms with E-state index in [1.807, 2.05) is 35.2 Å². The third-order valence-electron chi connectivity index (χ3n) is 5.50. The first kappa shape index (κ1) is 33.8. The molecule has 0 atom stereocenters. The zero-order chi connectivity index (χ0) is 28.9. The van der Waals surface area contributed by atoms with Gasteiger partial charge in [0, 0.05) is 64.7 Å². The number of ketones is 1. The van der Waals surface area contributed by atoms with Crippen molar-refractivity contribution in [1.82, 2.24) is 26.2 Å². The molecule has 0 saturated heterocycles. The van der Waals surface area contributed by atoms with Crippen molar-refractivity contribution in [2.75, 3.05) is 46.3 Å². The number of nitrogens with one attached hydrogen (secondary N) is 4. The van der Waals surface area contributed by atoms with Gasteiger partial charge in [0.05, 0.1) is 13.1 Å². The first-order valence-electron chi connectivity index (χ1n) is 13.1. The normalized spacial score (nSPS) is 10.5. The monoisotopic (exact) mass is 563 g/mol. The molecule has 0 heterocycles. The van der Waals surface area contributed by atoms with Crippen molar-refractivity contribution in [1.29, 1.82) is 0 Å². The summed E-state index contributed by atoms with van der Waals surface area (Å²) in [7, 11) is 1.52. The number of Topliss-reactive ketones (excluding diaryl/α,β-unsaturated/α-hetero) is 1. The molecule has 0 unspecified atom stereocenters. The topological polar surface area (TPSA) is 154 Å². The van der Waals surface area contributed by atoms with E-state index in [1.165, 1.54) is 14.0 Å². The third-order valence-corrected chi connectivity index (χ3v) is 6.45. The van der Waals surface area contributed by atoms with Crippen LogP contribution >= 0.6 is 11.8 Å². The lowest BCUT2D eigenvalue weighted by Crippen LogP contribution is -2.35. The van der Waals surface area contributed by atoms with E-state index in [4.69, 9.17) is 0 Å². The summed E-state index contributed by atoms with van der Waals surface area (Å²) < 4.78 is 0. The average molecular weight is 564 g/mol. The van der Waals surface area contributed by atoms with Crippen molar-refractivity contribution in [3.63, 3.8) is 0 Å². The number of carbonyl (C=O) groups excluding carboxylic acids is 6. The van der Waals surface area contributed by atoms with Gasteiger partial charge in [0.2, 0.25) is 28.7 Å². The van der Waals surface area contributed by atoms with Crippen LogP contribution < -0.4 is 21.3 Å². The Hall–Kier alpha value is -3.25. The smallest absolute Gasteiger partial charge is 0.220 e. The largest absolute Gasteiger partial charge is 0.359 e. The summed E-state index contributed by atoms with van der Waals surface area (Å²) in [5.74, 6) is -0.425. The van der Waals surface area contributed by atoms with Gasteiger partial charge < -0.3 is 21.3 Å². The Kier molecular flexibility index (Phi) is 17.9. The molecule has 0 saturated carbocycles. The molecule has 12 heteroatoms. The van der Waals surface area contributed by atoms with Gasteiger partial charge in [0.1, 0.15) is 5.78 Å². The second-order valence-electron chi connectivity index (χ2n) is 8.98. The molecule has 0 bridgehead atoms. The first-order valence-corrected chi connectivity index (χ1v) is 14.1. The molecule has 39 heavy (non-hydrogen) atoms. The van der Waals surface area contributed by atoms with Crippen LogP contribution in [0.1, 0.15) is 51.0 Å². The molecular formula is C27H41N5O6S. The molecule has 0 fully saturated rings. The maximum absolute atomic E-state index is 12.1. The maximum atomic E-state index is 12.1. The predicted octanol–water partition coefficient (Wildman–Crippen LogP) is 0.773. The minimum absolute atomic E-state index is 0.00619. The van der Waals surface area contributed by atoms with Crippen molar-refractivity contribution in [2.24, 2.45) is 0 Å². The molecular weight excluding hydrogens is 522 g/mol. The molecule has 4 amide bonds. The predicted molar refractivity (Wildman–Crippen MR) is 151 cm³/mol. The first-order chi connectivity index (χ1) is 18.7. The van der Waals surface area contributed by atoms with Crippen LogP contribution in [0.4, 0.5) is 0 Å². The Morgan fingerprint density at radius 2 is 1.26 bits per heavy atom. The fourth-order valence-corrected chi connectivity index (χ4v) is 4.14. The van der Waals surface area contributed by atoms with Crippen LogP contribution in [0.15, 0.2) is 30.3 Å². The number of nitrogens with zero attached hydrogens (tertiary/aromatic N) is 1. The number of amides is 4. The van der Waals surface area contributed by atoms with E-state index in [0.29, 0.717) is 44.8 Å². The standard InChI is InChI=1S/C27H41N5O6S/c1-21(33)19-32(16-6-14-29-24(35)11-10-23(34)28-2)17-7-15-30-25(36)12-13-26(37)31-18-27(38)39-20-22-8-4-3-5-9-22/h3-5,8-9H,6-7,10-20H2,1-2H3,(H,28,34)(H,29,35)(H,30,36)(H,31,37). The summed E-state index contributed by atoms with van der Waals surface area (Å²) >= 11 is 1.14. The molecule has 0 aliphatic heterocycles. The molecule has 0 spiro atoms. The van der Waals surface area contributed by atoms with E-state index in [1.54, 1.807) is 0 Å². The van der Waals surface area contributed by atoms with Crippen LogP contribution in [0, 0.1) is 0 Å². The van der Waals surface area contributed by atoms with Gasteiger partial charge in [-0.2, -0.15) is 0 Å². The Morgan fingerprint density at radius 3 is 1.77 bits per heavy atom. The minimum atomic E-state index is -0.354. The van der Waals surface area contributed by atoms with Gasteiger partial charge in [-0.05, 0) is 25.3 Å². The van der Waals surface area contributed by atoms with Gasteiger partial charge in [-0.15, -0.1) is 0 Å². The second kappa shape index (κ2) is 20.7. The molecule has 216 valence electrons. The van der Waals surface area contributed by atoms with E-state index >= 15 is 0 Å². The van der Waals surface area contributed by atoms with Crippen molar-refractivity contribution in [2.45, 2.75) is 51.2 Å². The minimum Gasteiger partial charge on any atom is -0.359 e. The van der Waals surface area contributed by atoms with E-state index in [9.17, 15) is 28.8 Å². The Bertz CT molecular complexity index is 944. The highest BCUT2D eigenvalue weighted by Gasteiger charge is 2.11. The van der Waals surface area contributed by atoms with E-state index < -0.39 is 0 Å². The lowest BCUT2D eigenvalue weighted by Gasteiger charge is -2.21. The SMILES string of the molecule is CNC(=O)CCC(=O)NCCCN(CCCNC(=O)CCC(=O)NCC(=O)SCc1ccccc1)CC(C)=O. The highest BCUT2D eigenvalue weighted by molar-refractivity contribution is 8.13. The fourth-order valence-electron chi connectivity index (χ4n) is 3.45. The van der Waals surface area contributed by atoms with E-state index in [-0.39, 0.29) is 73.3 Å². The Morgan fingerprint density at radius 1 is 0.744 bits per heavy atom. The zero-order valence-electron chi connectivity index (χ0n) is 22.9. The van der Waals surface area contributed by atoms with Gasteiger partial charge in [-0.1, -0.05) is 42.1 Å². The molecule has 0 aliphatic carbocycles. The second-order valence-corrected chi connectivity index (χ2v) is 10.0. The summed E-state index contributed by atoms with van der Waals surface area (Å²) in [6.07, 6.45) is 1.56. The summed E-state index contributed by atoms with van der Waals surface area (Å²) in [4.78, 5) is 72.5. The number of rotatable bonds is 20. The summed E-state index contributed by atoms with van der Waals surface area (Å²) in [5, 5.41) is 10.4. The Balaban J connectivity index is 2.15. The molecule has 1 aromatic carbocycles. The molecule has 1 aromatic rings. The highest BCUT2D eigenvalue weighted by Crippen LogP contribution is 2.12. The summed E-state index contributed by atoms with van der Waals surface area (Å²) in [5.41, 5.74) is 1.03. The van der Waals surface area contributed by atoms with Gasteiger partial charge >= 0.3 is 0 Å². The number of benzene rings is 1. The van der Waals surface area contributed by atoms with Crippen LogP contribution in [0.25, 0.3) is 0 Å². The molecule has 0 aromatic heterocycles. The number of carbonyl (C=O) groups is 6. The zero-order valence-corrected chi connectivity index (χ0v) is 23.7. The maximum Gasteiger partial charge on any atom is 0.220 e. The lowest BCUT2D eigenvalue weighted by atomic mass is 10.2. The van der Waals surface area contributed by atoms with Crippen LogP contribution in [0.2, 0.25) is 0 Å². The molecule has 11 nitrogen and oxygen atoms in total. The lowest BCUT2D eigenvalue weighted by molar-refractivity contribution is -0.126. The molecule has 0 radical (unpaired) electrons. The van der Waals surface area contributed by atoms with Gasteiger partial charge in [0.15, 0.2) is 0 Å². The molecule has 1 rings (SSSR count). The van der Waals surface area contributed by atoms with Crippen LogP contribution in [0.3, 0.4) is 0 Å². The third kappa shape index (κ3) is 18.6. The highest BCUT2D eigenvalue weighted by atomic mass is 32.2. The van der Waals surface area contributed by atoms with Gasteiger partial charge in [-0.25, -0.2) is 0 Å². The Labute approximate surface area is 234 Å². The fraction of sp³-hybridized carbons (Fsp3) is 0.556. The summed E-state index contributed by atoms with van der Waals surface area (Å²) in [6.45, 7) is 3.75. The summed E-state index contributed by atoms with van der Waals surface area (Å²) in [6, 6.07) is 9.57. The average Bonchev–Trinajstić information content (AvgIpc) is 2.92.